The van der Waals surface area contributed by atoms with Gasteiger partial charge in [0.2, 0.25) is 5.91 Å². The first-order valence-corrected chi connectivity index (χ1v) is 9.07. The number of rotatable bonds is 5. The van der Waals surface area contributed by atoms with Crippen molar-refractivity contribution in [1.82, 2.24) is 24.6 Å². The van der Waals surface area contributed by atoms with Crippen LogP contribution in [0.2, 0.25) is 0 Å². The molecule has 0 spiro atoms. The first-order valence-electron chi connectivity index (χ1n) is 9.07. The van der Waals surface area contributed by atoms with Crippen molar-refractivity contribution < 1.29 is 4.79 Å². The lowest BCUT2D eigenvalue weighted by Gasteiger charge is -2.39. The second kappa shape index (κ2) is 7.86. The van der Waals surface area contributed by atoms with Crippen LogP contribution < -0.4 is 10.9 Å². The summed E-state index contributed by atoms with van der Waals surface area (Å²) in [6, 6.07) is 5.66. The highest BCUT2D eigenvalue weighted by molar-refractivity contribution is 5.75. The summed E-state index contributed by atoms with van der Waals surface area (Å²) in [5, 5.41) is 7.31. The van der Waals surface area contributed by atoms with E-state index in [0.29, 0.717) is 12.5 Å². The number of aromatic nitrogens is 3. The number of nitrogens with zero attached hydrogens (tertiary/aromatic N) is 4. The maximum Gasteiger partial charge on any atom is 0.251 e. The second-order valence-corrected chi connectivity index (χ2v) is 7.18. The zero-order valence-corrected chi connectivity index (χ0v) is 15.7. The Bertz CT molecular complexity index is 825. The average molecular weight is 357 g/mol. The van der Waals surface area contributed by atoms with Crippen LogP contribution in [-0.4, -0.2) is 45.3 Å². The van der Waals surface area contributed by atoms with Crippen LogP contribution >= 0.6 is 0 Å². The number of piperidine rings is 1. The smallest absolute Gasteiger partial charge is 0.251 e. The van der Waals surface area contributed by atoms with Crippen LogP contribution in [-0.2, 0) is 18.4 Å². The van der Waals surface area contributed by atoms with Crippen LogP contribution in [0.3, 0.4) is 0 Å². The van der Waals surface area contributed by atoms with Gasteiger partial charge in [0, 0.05) is 32.1 Å². The van der Waals surface area contributed by atoms with Gasteiger partial charge < -0.3 is 9.88 Å². The van der Waals surface area contributed by atoms with Gasteiger partial charge in [-0.3, -0.25) is 19.2 Å². The molecule has 140 valence electrons. The highest BCUT2D eigenvalue weighted by atomic mass is 16.2. The van der Waals surface area contributed by atoms with E-state index in [0.717, 1.165) is 24.9 Å². The van der Waals surface area contributed by atoms with Gasteiger partial charge in [0.05, 0.1) is 11.7 Å². The number of hydrogen-bond acceptors (Lipinski definition) is 4. The molecular weight excluding hydrogens is 330 g/mol. The Hall–Kier alpha value is -2.41. The predicted octanol–water partition coefficient (Wildman–Crippen LogP) is 1.09. The van der Waals surface area contributed by atoms with E-state index < -0.39 is 0 Å². The molecule has 26 heavy (non-hydrogen) atoms. The summed E-state index contributed by atoms with van der Waals surface area (Å²) >= 11 is 0. The van der Waals surface area contributed by atoms with Crippen LogP contribution in [0.15, 0.2) is 35.4 Å². The summed E-state index contributed by atoms with van der Waals surface area (Å²) in [6.45, 7) is 3.56. The summed E-state index contributed by atoms with van der Waals surface area (Å²) in [7, 11) is 4.08. The normalized spacial score (nSPS) is 20.9. The van der Waals surface area contributed by atoms with Crippen LogP contribution in [0.4, 0.5) is 0 Å². The zero-order valence-electron chi connectivity index (χ0n) is 15.7. The van der Waals surface area contributed by atoms with Crippen LogP contribution in [0.25, 0.3) is 0 Å². The maximum absolute atomic E-state index is 12.3. The Balaban J connectivity index is 1.64. The Labute approximate surface area is 153 Å². The number of carbonyl (C=O) groups is 1. The Morgan fingerprint density at radius 2 is 2.15 bits per heavy atom. The Kier molecular flexibility index (Phi) is 5.56. The van der Waals surface area contributed by atoms with Gasteiger partial charge in [-0.25, -0.2) is 0 Å². The van der Waals surface area contributed by atoms with E-state index in [9.17, 15) is 9.59 Å². The minimum atomic E-state index is -0.148. The molecular formula is C19H27N5O2. The molecule has 3 rings (SSSR count). The topological polar surface area (TPSA) is 72.2 Å². The van der Waals surface area contributed by atoms with E-state index in [-0.39, 0.29) is 24.1 Å². The quantitative estimate of drug-likeness (QED) is 0.869. The van der Waals surface area contributed by atoms with Gasteiger partial charge in [0.1, 0.15) is 6.54 Å². The fourth-order valence-corrected chi connectivity index (χ4v) is 3.81. The number of amides is 1. The Morgan fingerprint density at radius 3 is 2.85 bits per heavy atom. The number of hydrogen-bond donors (Lipinski definition) is 1. The minimum absolute atomic E-state index is 0.0536. The summed E-state index contributed by atoms with van der Waals surface area (Å²) in [5.74, 6) is 0.191. The fraction of sp³-hybridized carbons (Fsp3) is 0.526. The van der Waals surface area contributed by atoms with Gasteiger partial charge in [0.15, 0.2) is 0 Å². The van der Waals surface area contributed by atoms with E-state index in [1.54, 1.807) is 12.3 Å². The number of carbonyl (C=O) groups excluding carboxylic acids is 1. The molecule has 1 saturated heterocycles. The Morgan fingerprint density at radius 1 is 1.35 bits per heavy atom. The molecule has 0 bridgehead atoms. The summed E-state index contributed by atoms with van der Waals surface area (Å²) in [5.41, 5.74) is 1.92. The SMILES string of the molecule is Cc1ccn(CC(=O)NC[C@@H]2CCCN(C)[C@H]2c2ccnn2C)c(=O)c1. The first-order chi connectivity index (χ1) is 12.5. The number of nitrogens with one attached hydrogen (secondary N) is 1. The summed E-state index contributed by atoms with van der Waals surface area (Å²) in [4.78, 5) is 26.6. The van der Waals surface area contributed by atoms with Gasteiger partial charge in [-0.1, -0.05) is 0 Å². The molecule has 7 nitrogen and oxygen atoms in total. The maximum atomic E-state index is 12.3. The van der Waals surface area contributed by atoms with E-state index in [2.05, 4.69) is 22.4 Å². The molecule has 0 radical (unpaired) electrons. The first kappa shape index (κ1) is 18.4. The standard InChI is InChI=1S/C19H27N5O2/c1-14-7-10-24(18(26)11-14)13-17(25)20-12-15-5-4-9-22(2)19(15)16-6-8-21-23(16)3/h6-8,10-11,15,19H,4-5,9,12-13H2,1-3H3,(H,20,25)/t15-,19+/m0/s1. The van der Waals surface area contributed by atoms with Crippen LogP contribution in [0, 0.1) is 12.8 Å². The number of pyridine rings is 1. The van der Waals surface area contributed by atoms with Crippen LogP contribution in [0.1, 0.15) is 30.1 Å². The molecule has 3 heterocycles. The number of aryl methyl sites for hydroxylation is 2. The van der Waals surface area contributed by atoms with Gasteiger partial charge in [-0.05, 0) is 57.0 Å². The highest BCUT2D eigenvalue weighted by Gasteiger charge is 2.32. The molecule has 0 aliphatic carbocycles. The largest absolute Gasteiger partial charge is 0.354 e. The van der Waals surface area contributed by atoms with Crippen molar-refractivity contribution in [3.8, 4) is 0 Å². The third-order valence-electron chi connectivity index (χ3n) is 5.20. The van der Waals surface area contributed by atoms with Crippen molar-refractivity contribution >= 4 is 5.91 Å². The van der Waals surface area contributed by atoms with Crippen LogP contribution in [0.5, 0.6) is 0 Å². The molecule has 2 aromatic heterocycles. The monoisotopic (exact) mass is 357 g/mol. The van der Waals surface area contributed by atoms with Crippen molar-refractivity contribution in [3.05, 3.63) is 52.2 Å². The van der Waals surface area contributed by atoms with E-state index in [1.165, 1.54) is 10.3 Å². The molecule has 0 saturated carbocycles. The zero-order chi connectivity index (χ0) is 18.7. The second-order valence-electron chi connectivity index (χ2n) is 7.18. The van der Waals surface area contributed by atoms with Gasteiger partial charge in [-0.15, -0.1) is 0 Å². The molecule has 0 unspecified atom stereocenters. The van der Waals surface area contributed by atoms with Crippen molar-refractivity contribution in [2.45, 2.75) is 32.4 Å². The minimum Gasteiger partial charge on any atom is -0.354 e. The lowest BCUT2D eigenvalue weighted by Crippen LogP contribution is -2.43. The molecule has 2 aromatic rings. The van der Waals surface area contributed by atoms with Crippen molar-refractivity contribution in [2.24, 2.45) is 13.0 Å². The van der Waals surface area contributed by atoms with E-state index in [1.807, 2.05) is 37.0 Å². The molecule has 1 aliphatic rings. The van der Waals surface area contributed by atoms with Crippen molar-refractivity contribution in [3.63, 3.8) is 0 Å². The third kappa shape index (κ3) is 4.04. The molecule has 1 aliphatic heterocycles. The van der Waals surface area contributed by atoms with Crippen molar-refractivity contribution in [2.75, 3.05) is 20.1 Å². The number of likely N-dealkylation sites (tertiary alicyclic amines) is 1. The average Bonchev–Trinajstić information content (AvgIpc) is 3.01. The molecule has 1 fully saturated rings. The van der Waals surface area contributed by atoms with Gasteiger partial charge in [-0.2, -0.15) is 5.10 Å². The molecule has 2 atom stereocenters. The highest BCUT2D eigenvalue weighted by Crippen LogP contribution is 2.34. The molecule has 0 aromatic carbocycles. The molecule has 7 heteroatoms. The molecule has 1 N–H and O–H groups in total. The summed E-state index contributed by atoms with van der Waals surface area (Å²) in [6.07, 6.45) is 5.66. The van der Waals surface area contributed by atoms with E-state index in [4.69, 9.17) is 0 Å². The fourth-order valence-electron chi connectivity index (χ4n) is 3.81. The third-order valence-corrected chi connectivity index (χ3v) is 5.20. The predicted molar refractivity (Wildman–Crippen MR) is 99.8 cm³/mol. The van der Waals surface area contributed by atoms with Crippen molar-refractivity contribution in [1.29, 1.82) is 0 Å². The van der Waals surface area contributed by atoms with E-state index >= 15 is 0 Å². The van der Waals surface area contributed by atoms with Gasteiger partial charge >= 0.3 is 0 Å². The lowest BCUT2D eigenvalue weighted by atomic mass is 9.87. The lowest BCUT2D eigenvalue weighted by molar-refractivity contribution is -0.122. The molecule has 1 amide bonds. The van der Waals surface area contributed by atoms with Gasteiger partial charge in [0.25, 0.3) is 5.56 Å². The summed E-state index contributed by atoms with van der Waals surface area (Å²) < 4.78 is 3.35.